The molecule has 0 atom stereocenters. The number of anilines is 1. The van der Waals surface area contributed by atoms with E-state index in [0.717, 1.165) is 0 Å². The average molecular weight is 415 g/mol. The Balaban J connectivity index is 1.73. The molecule has 4 rings (SSSR count). The van der Waals surface area contributed by atoms with Crippen LogP contribution in [0.15, 0.2) is 51.9 Å². The second-order valence-electron chi connectivity index (χ2n) is 5.99. The number of methoxy groups -OCH3 is 1. The second kappa shape index (κ2) is 7.36. The van der Waals surface area contributed by atoms with E-state index < -0.39 is 17.5 Å². The van der Waals surface area contributed by atoms with E-state index in [1.165, 1.54) is 43.6 Å². The predicted octanol–water partition coefficient (Wildman–Crippen LogP) is 3.63. The molecule has 0 aliphatic heterocycles. The lowest BCUT2D eigenvalue weighted by Gasteiger charge is -2.13. The van der Waals surface area contributed by atoms with E-state index in [-0.39, 0.29) is 22.1 Å². The first-order valence-electron chi connectivity index (χ1n) is 8.25. The van der Waals surface area contributed by atoms with E-state index in [0.29, 0.717) is 22.2 Å². The summed E-state index contributed by atoms with van der Waals surface area (Å²) in [5.74, 6) is -1.26. The fourth-order valence-electron chi connectivity index (χ4n) is 2.77. The third-order valence-electron chi connectivity index (χ3n) is 4.14. The van der Waals surface area contributed by atoms with Crippen LogP contribution in [0.1, 0.15) is 10.4 Å². The van der Waals surface area contributed by atoms with Crippen LogP contribution in [0.2, 0.25) is 5.02 Å². The zero-order valence-electron chi connectivity index (χ0n) is 14.8. The monoisotopic (exact) mass is 414 g/mol. The minimum Gasteiger partial charge on any atom is -0.495 e. The number of rotatable bonds is 4. The molecule has 1 amide bonds. The number of carbonyl (C=O) groups is 1. The van der Waals surface area contributed by atoms with Crippen molar-refractivity contribution >= 4 is 34.1 Å². The van der Waals surface area contributed by atoms with Crippen LogP contribution < -0.4 is 15.8 Å². The summed E-state index contributed by atoms with van der Waals surface area (Å²) in [6.45, 7) is 0. The highest BCUT2D eigenvalue weighted by molar-refractivity contribution is 6.32. The molecule has 2 aromatic heterocycles. The Hall–Kier alpha value is -3.72. The highest BCUT2D eigenvalue weighted by atomic mass is 35.5. The summed E-state index contributed by atoms with van der Waals surface area (Å²) in [6, 6.07) is 8.65. The van der Waals surface area contributed by atoms with Crippen LogP contribution in [0.5, 0.6) is 5.75 Å². The molecular weight excluding hydrogens is 403 g/mol. The van der Waals surface area contributed by atoms with Crippen LogP contribution in [0.25, 0.3) is 22.3 Å². The molecule has 0 saturated heterocycles. The van der Waals surface area contributed by atoms with Gasteiger partial charge in [-0.15, -0.1) is 0 Å². The Bertz CT molecular complexity index is 1300. The maximum Gasteiger partial charge on any atom is 0.439 e. The van der Waals surface area contributed by atoms with E-state index in [4.69, 9.17) is 16.3 Å². The number of aromatic amines is 1. The molecule has 0 spiro atoms. The summed E-state index contributed by atoms with van der Waals surface area (Å²) in [4.78, 5) is 30.6. The van der Waals surface area contributed by atoms with Gasteiger partial charge >= 0.3 is 5.76 Å². The fourth-order valence-corrected chi connectivity index (χ4v) is 3.01. The van der Waals surface area contributed by atoms with Crippen molar-refractivity contribution in [3.8, 4) is 17.1 Å². The van der Waals surface area contributed by atoms with Gasteiger partial charge in [0.25, 0.3) is 5.91 Å². The maximum atomic E-state index is 13.3. The van der Waals surface area contributed by atoms with Gasteiger partial charge in [0.1, 0.15) is 11.6 Å². The second-order valence-corrected chi connectivity index (χ2v) is 6.40. The summed E-state index contributed by atoms with van der Waals surface area (Å²) in [6.07, 6.45) is 1.34. The number of pyridine rings is 1. The first-order valence-corrected chi connectivity index (χ1v) is 8.63. The third kappa shape index (κ3) is 3.67. The SMILES string of the molecule is COc1cc(NC(=O)c2cnc3cc(F)ccc3c2)c(-c2noc(=O)[nH]2)cc1Cl. The Morgan fingerprint density at radius 1 is 1.28 bits per heavy atom. The van der Waals surface area contributed by atoms with Gasteiger partial charge in [-0.05, 0) is 24.3 Å². The van der Waals surface area contributed by atoms with E-state index in [1.54, 1.807) is 6.07 Å². The number of amides is 1. The first kappa shape index (κ1) is 18.6. The number of hydrogen-bond donors (Lipinski definition) is 2. The molecular formula is C19H12ClFN4O4. The molecule has 10 heteroatoms. The predicted molar refractivity (Wildman–Crippen MR) is 104 cm³/mol. The van der Waals surface area contributed by atoms with Gasteiger partial charge < -0.3 is 10.1 Å². The zero-order valence-corrected chi connectivity index (χ0v) is 15.6. The largest absolute Gasteiger partial charge is 0.495 e. The number of ether oxygens (including phenoxy) is 1. The maximum absolute atomic E-state index is 13.3. The van der Waals surface area contributed by atoms with Crippen molar-refractivity contribution in [1.82, 2.24) is 15.1 Å². The van der Waals surface area contributed by atoms with E-state index >= 15 is 0 Å². The highest BCUT2D eigenvalue weighted by Gasteiger charge is 2.18. The Kier molecular flexibility index (Phi) is 4.73. The van der Waals surface area contributed by atoms with Crippen molar-refractivity contribution in [3.63, 3.8) is 0 Å². The van der Waals surface area contributed by atoms with Gasteiger partial charge in [-0.25, -0.2) is 9.18 Å². The summed E-state index contributed by atoms with van der Waals surface area (Å²) in [5.41, 5.74) is 1.28. The molecule has 0 aliphatic carbocycles. The average Bonchev–Trinajstić information content (AvgIpc) is 3.14. The molecule has 0 aliphatic rings. The number of nitrogens with one attached hydrogen (secondary N) is 2. The third-order valence-corrected chi connectivity index (χ3v) is 4.44. The van der Waals surface area contributed by atoms with Crippen LogP contribution in [-0.2, 0) is 0 Å². The standard InChI is InChI=1S/C19H12ClFN4O4/c1-28-16-7-15(12(6-13(16)20)17-24-19(27)29-25-17)23-18(26)10-4-9-2-3-11(21)5-14(9)22-8-10/h2-8H,1H3,(H,23,26)(H,24,25,27). The lowest BCUT2D eigenvalue weighted by Crippen LogP contribution is -2.13. The van der Waals surface area contributed by atoms with E-state index in [1.807, 2.05) is 0 Å². The quantitative estimate of drug-likeness (QED) is 0.527. The minimum absolute atomic E-state index is 0.0852. The number of benzene rings is 2. The Morgan fingerprint density at radius 3 is 2.83 bits per heavy atom. The van der Waals surface area contributed by atoms with Crippen LogP contribution in [0.4, 0.5) is 10.1 Å². The minimum atomic E-state index is -0.754. The molecule has 0 radical (unpaired) electrons. The van der Waals surface area contributed by atoms with Crippen LogP contribution in [-0.4, -0.2) is 28.1 Å². The van der Waals surface area contributed by atoms with Gasteiger partial charge in [-0.1, -0.05) is 16.8 Å². The molecule has 2 aromatic carbocycles. The van der Waals surface area contributed by atoms with Crippen molar-refractivity contribution in [1.29, 1.82) is 0 Å². The Morgan fingerprint density at radius 2 is 2.10 bits per heavy atom. The highest BCUT2D eigenvalue weighted by Crippen LogP contribution is 2.35. The number of hydrogen-bond acceptors (Lipinski definition) is 6. The molecule has 2 heterocycles. The van der Waals surface area contributed by atoms with Gasteiger partial charge in [0.05, 0.1) is 28.9 Å². The molecule has 4 aromatic rings. The van der Waals surface area contributed by atoms with Crippen molar-refractivity contribution in [2.24, 2.45) is 0 Å². The van der Waals surface area contributed by atoms with Crippen molar-refractivity contribution in [3.05, 3.63) is 69.5 Å². The van der Waals surface area contributed by atoms with Crippen molar-refractivity contribution < 1.29 is 18.4 Å². The fraction of sp³-hybridized carbons (Fsp3) is 0.0526. The number of H-pyrrole nitrogens is 1. The number of nitrogens with zero attached hydrogens (tertiary/aromatic N) is 2. The Labute approximate surface area is 167 Å². The number of aromatic nitrogens is 3. The normalized spacial score (nSPS) is 10.9. The molecule has 0 saturated carbocycles. The molecule has 0 unspecified atom stereocenters. The smallest absolute Gasteiger partial charge is 0.439 e. The lowest BCUT2D eigenvalue weighted by atomic mass is 10.1. The van der Waals surface area contributed by atoms with Gasteiger partial charge in [-0.3, -0.25) is 19.3 Å². The molecule has 29 heavy (non-hydrogen) atoms. The number of carbonyl (C=O) groups excluding carboxylic acids is 1. The van der Waals surface area contributed by atoms with Gasteiger partial charge in [0.2, 0.25) is 0 Å². The van der Waals surface area contributed by atoms with Crippen molar-refractivity contribution in [2.75, 3.05) is 12.4 Å². The molecule has 0 fully saturated rings. The van der Waals surface area contributed by atoms with Gasteiger partial charge in [-0.2, -0.15) is 0 Å². The van der Waals surface area contributed by atoms with Gasteiger partial charge in [0, 0.05) is 29.3 Å². The van der Waals surface area contributed by atoms with Gasteiger partial charge in [0.15, 0.2) is 5.82 Å². The molecule has 8 nitrogen and oxygen atoms in total. The summed E-state index contributed by atoms with van der Waals surface area (Å²) in [7, 11) is 1.43. The summed E-state index contributed by atoms with van der Waals surface area (Å²) < 4.78 is 23.0. The topological polar surface area (TPSA) is 110 Å². The summed E-state index contributed by atoms with van der Waals surface area (Å²) in [5, 5.41) is 7.20. The molecule has 0 bridgehead atoms. The van der Waals surface area contributed by atoms with E-state index in [2.05, 4.69) is 25.0 Å². The van der Waals surface area contributed by atoms with Crippen LogP contribution in [0, 0.1) is 5.82 Å². The van der Waals surface area contributed by atoms with Crippen LogP contribution in [0.3, 0.4) is 0 Å². The van der Waals surface area contributed by atoms with Crippen LogP contribution >= 0.6 is 11.6 Å². The molecule has 2 N–H and O–H groups in total. The number of halogens is 2. The van der Waals surface area contributed by atoms with E-state index in [9.17, 15) is 14.0 Å². The zero-order chi connectivity index (χ0) is 20.5. The first-order chi connectivity index (χ1) is 13.9. The van der Waals surface area contributed by atoms with Crippen molar-refractivity contribution in [2.45, 2.75) is 0 Å². The number of fused-ring (bicyclic) bond motifs is 1. The molecule has 146 valence electrons. The lowest BCUT2D eigenvalue weighted by molar-refractivity contribution is 0.102. The summed E-state index contributed by atoms with van der Waals surface area (Å²) >= 11 is 6.16.